The van der Waals surface area contributed by atoms with Crippen molar-refractivity contribution in [3.8, 4) is 11.4 Å². The largest absolute Gasteiger partial charge is 0.416 e. The van der Waals surface area contributed by atoms with Crippen molar-refractivity contribution in [2.24, 2.45) is 5.84 Å². The van der Waals surface area contributed by atoms with Gasteiger partial charge in [0.25, 0.3) is 0 Å². The summed E-state index contributed by atoms with van der Waals surface area (Å²) in [6.45, 7) is 0.988. The van der Waals surface area contributed by atoms with Gasteiger partial charge in [-0.2, -0.15) is 13.2 Å². The second-order valence-corrected chi connectivity index (χ2v) is 6.18. The Kier molecular flexibility index (Phi) is 7.00. The minimum Gasteiger partial charge on any atom is -0.385 e. The van der Waals surface area contributed by atoms with Crippen LogP contribution in [0.1, 0.15) is 12.0 Å². The molecule has 7 nitrogen and oxygen atoms in total. The first kappa shape index (κ1) is 20.2. The SMILES string of the molecule is COCCCn1c(SCC(=O)NN)nnc1-c1ccc(C(F)(F)F)cc1. The van der Waals surface area contributed by atoms with E-state index in [0.717, 1.165) is 23.9 Å². The number of rotatable bonds is 8. The fraction of sp³-hybridized carbons (Fsp3) is 0.400. The summed E-state index contributed by atoms with van der Waals surface area (Å²) in [5.41, 5.74) is 1.78. The third kappa shape index (κ3) is 5.19. The van der Waals surface area contributed by atoms with Gasteiger partial charge in [-0.15, -0.1) is 10.2 Å². The highest BCUT2D eigenvalue weighted by Gasteiger charge is 2.30. The molecule has 142 valence electrons. The van der Waals surface area contributed by atoms with Crippen molar-refractivity contribution in [1.29, 1.82) is 0 Å². The Morgan fingerprint density at radius 1 is 1.31 bits per heavy atom. The molecule has 0 spiro atoms. The summed E-state index contributed by atoms with van der Waals surface area (Å²) in [6, 6.07) is 4.69. The number of amides is 1. The number of benzene rings is 1. The normalized spacial score (nSPS) is 11.6. The standard InChI is InChI=1S/C15H18F3N5O2S/c1-25-8-2-7-23-13(21-22-14(23)26-9-12(24)20-19)10-3-5-11(6-4-10)15(16,17)18/h3-6H,2,7-9,19H2,1H3,(H,20,24). The van der Waals surface area contributed by atoms with Crippen LogP contribution < -0.4 is 11.3 Å². The van der Waals surface area contributed by atoms with E-state index >= 15 is 0 Å². The summed E-state index contributed by atoms with van der Waals surface area (Å²) in [5.74, 6) is 5.15. The molecule has 2 aromatic rings. The first-order valence-corrected chi connectivity index (χ1v) is 8.57. The zero-order valence-corrected chi connectivity index (χ0v) is 14.7. The number of alkyl halides is 3. The molecule has 0 radical (unpaired) electrons. The van der Waals surface area contributed by atoms with Crippen LogP contribution in [0.25, 0.3) is 11.4 Å². The number of carbonyl (C=O) groups excluding carboxylic acids is 1. The second kappa shape index (κ2) is 9.01. The van der Waals surface area contributed by atoms with Crippen molar-refractivity contribution in [2.75, 3.05) is 19.5 Å². The Balaban J connectivity index is 2.28. The van der Waals surface area contributed by atoms with Crippen molar-refractivity contribution < 1.29 is 22.7 Å². The molecule has 0 aliphatic heterocycles. The molecular formula is C15H18F3N5O2S. The third-order valence-electron chi connectivity index (χ3n) is 3.41. The van der Waals surface area contributed by atoms with Gasteiger partial charge in [-0.3, -0.25) is 10.2 Å². The Morgan fingerprint density at radius 3 is 2.58 bits per heavy atom. The van der Waals surface area contributed by atoms with Crippen molar-refractivity contribution >= 4 is 17.7 Å². The van der Waals surface area contributed by atoms with Crippen molar-refractivity contribution in [2.45, 2.75) is 24.3 Å². The highest BCUT2D eigenvalue weighted by molar-refractivity contribution is 7.99. The number of thioether (sulfide) groups is 1. The summed E-state index contributed by atoms with van der Waals surface area (Å²) in [5, 5.41) is 8.58. The smallest absolute Gasteiger partial charge is 0.385 e. The molecular weight excluding hydrogens is 371 g/mol. The molecule has 0 fully saturated rings. The van der Waals surface area contributed by atoms with Crippen LogP contribution in [0.3, 0.4) is 0 Å². The molecule has 0 bridgehead atoms. The highest BCUT2D eigenvalue weighted by Crippen LogP contribution is 2.31. The average molecular weight is 389 g/mol. The maximum absolute atomic E-state index is 12.7. The van der Waals surface area contributed by atoms with E-state index in [1.165, 1.54) is 12.1 Å². The van der Waals surface area contributed by atoms with E-state index in [1.807, 2.05) is 5.43 Å². The molecule has 1 aromatic heterocycles. The van der Waals surface area contributed by atoms with Crippen LogP contribution in [0.2, 0.25) is 0 Å². The lowest BCUT2D eigenvalue weighted by atomic mass is 10.1. The maximum Gasteiger partial charge on any atom is 0.416 e. The minimum atomic E-state index is -4.40. The Bertz CT molecular complexity index is 734. The molecule has 1 heterocycles. The number of nitrogens with zero attached hydrogens (tertiary/aromatic N) is 3. The Labute approximate surface area is 152 Å². The van der Waals surface area contributed by atoms with Gasteiger partial charge in [-0.25, -0.2) is 5.84 Å². The Hall–Kier alpha value is -2.11. The van der Waals surface area contributed by atoms with Crippen molar-refractivity contribution in [3.63, 3.8) is 0 Å². The number of ether oxygens (including phenoxy) is 1. The van der Waals surface area contributed by atoms with Gasteiger partial charge in [0.1, 0.15) is 0 Å². The van der Waals surface area contributed by atoms with Crippen LogP contribution >= 0.6 is 11.8 Å². The number of hydrogen-bond donors (Lipinski definition) is 2. The van der Waals surface area contributed by atoms with Gasteiger partial charge in [-0.1, -0.05) is 23.9 Å². The summed E-state index contributed by atoms with van der Waals surface area (Å²) >= 11 is 1.14. The number of hydrazine groups is 1. The van der Waals surface area contributed by atoms with Crippen molar-refractivity contribution in [1.82, 2.24) is 20.2 Å². The predicted octanol–water partition coefficient (Wildman–Crippen LogP) is 2.08. The maximum atomic E-state index is 12.7. The minimum absolute atomic E-state index is 0.0475. The van der Waals surface area contributed by atoms with E-state index < -0.39 is 11.7 Å². The van der Waals surface area contributed by atoms with Gasteiger partial charge in [0.15, 0.2) is 11.0 Å². The molecule has 0 unspecified atom stereocenters. The zero-order valence-electron chi connectivity index (χ0n) is 13.9. The van der Waals surface area contributed by atoms with Gasteiger partial charge in [0.05, 0.1) is 11.3 Å². The van der Waals surface area contributed by atoms with E-state index in [2.05, 4.69) is 10.2 Å². The number of aromatic nitrogens is 3. The van der Waals surface area contributed by atoms with Gasteiger partial charge in [0, 0.05) is 25.8 Å². The number of nitrogens with two attached hydrogens (primary N) is 1. The third-order valence-corrected chi connectivity index (χ3v) is 4.38. The molecule has 11 heteroatoms. The van der Waals surface area contributed by atoms with Crippen LogP contribution in [0.5, 0.6) is 0 Å². The summed E-state index contributed by atoms with van der Waals surface area (Å²) in [7, 11) is 1.57. The van der Waals surface area contributed by atoms with E-state index in [1.54, 1.807) is 11.7 Å². The number of hydrogen-bond acceptors (Lipinski definition) is 6. The molecule has 26 heavy (non-hydrogen) atoms. The molecule has 0 atom stereocenters. The molecule has 0 aliphatic carbocycles. The summed E-state index contributed by atoms with van der Waals surface area (Å²) < 4.78 is 44.9. The first-order valence-electron chi connectivity index (χ1n) is 7.59. The van der Waals surface area contributed by atoms with Gasteiger partial charge in [-0.05, 0) is 18.6 Å². The van der Waals surface area contributed by atoms with Gasteiger partial charge >= 0.3 is 6.18 Å². The van der Waals surface area contributed by atoms with Crippen LogP contribution in [0.4, 0.5) is 13.2 Å². The van der Waals surface area contributed by atoms with Crippen LogP contribution in [0, 0.1) is 0 Å². The quantitative estimate of drug-likeness (QED) is 0.236. The molecule has 1 amide bonds. The van der Waals surface area contributed by atoms with Gasteiger partial charge < -0.3 is 9.30 Å². The number of carbonyl (C=O) groups is 1. The van der Waals surface area contributed by atoms with Crippen LogP contribution in [0.15, 0.2) is 29.4 Å². The molecule has 0 saturated heterocycles. The second-order valence-electron chi connectivity index (χ2n) is 5.24. The predicted molar refractivity (Wildman–Crippen MR) is 90.0 cm³/mol. The molecule has 0 saturated carbocycles. The fourth-order valence-electron chi connectivity index (χ4n) is 2.16. The fourth-order valence-corrected chi connectivity index (χ4v) is 2.93. The van der Waals surface area contributed by atoms with E-state index in [4.69, 9.17) is 10.6 Å². The summed E-state index contributed by atoms with van der Waals surface area (Å²) in [4.78, 5) is 11.3. The number of halogens is 3. The van der Waals surface area contributed by atoms with E-state index in [9.17, 15) is 18.0 Å². The lowest BCUT2D eigenvalue weighted by molar-refractivity contribution is -0.137. The first-order chi connectivity index (χ1) is 12.4. The average Bonchev–Trinajstić information content (AvgIpc) is 3.02. The van der Waals surface area contributed by atoms with Crippen molar-refractivity contribution in [3.05, 3.63) is 29.8 Å². The summed E-state index contributed by atoms with van der Waals surface area (Å²) in [6.07, 6.45) is -3.75. The Morgan fingerprint density at radius 2 is 2.00 bits per heavy atom. The number of nitrogens with one attached hydrogen (secondary N) is 1. The molecule has 1 aromatic carbocycles. The van der Waals surface area contributed by atoms with E-state index in [-0.39, 0.29) is 11.7 Å². The van der Waals surface area contributed by atoms with Gasteiger partial charge in [0.2, 0.25) is 5.91 Å². The highest BCUT2D eigenvalue weighted by atomic mass is 32.2. The monoisotopic (exact) mass is 389 g/mol. The molecule has 0 aliphatic rings. The topological polar surface area (TPSA) is 95.1 Å². The molecule has 2 rings (SSSR count). The van der Waals surface area contributed by atoms with Crippen LogP contribution in [-0.4, -0.2) is 40.1 Å². The van der Waals surface area contributed by atoms with E-state index in [0.29, 0.717) is 36.1 Å². The van der Waals surface area contributed by atoms with Crippen LogP contribution in [-0.2, 0) is 22.3 Å². The number of methoxy groups -OCH3 is 1. The zero-order chi connectivity index (χ0) is 19.2. The lowest BCUT2D eigenvalue weighted by Crippen LogP contribution is -2.31. The lowest BCUT2D eigenvalue weighted by Gasteiger charge is -2.11. The molecule has 3 N–H and O–H groups in total.